The summed E-state index contributed by atoms with van der Waals surface area (Å²) in [5.41, 5.74) is 2.17. The molecule has 1 aromatic carbocycles. The van der Waals surface area contributed by atoms with Crippen LogP contribution in [-0.2, 0) is 4.74 Å². The van der Waals surface area contributed by atoms with Crippen molar-refractivity contribution >= 4 is 6.09 Å². The molecule has 0 radical (unpaired) electrons. The number of ether oxygens (including phenoxy) is 1. The van der Waals surface area contributed by atoms with Gasteiger partial charge in [0.15, 0.2) is 0 Å². The third kappa shape index (κ3) is 3.97. The van der Waals surface area contributed by atoms with E-state index in [-0.39, 0.29) is 12.1 Å². The smallest absolute Gasteiger partial charge is 0.411 e. The number of amides is 1. The highest BCUT2D eigenvalue weighted by Crippen LogP contribution is 2.28. The molecule has 0 fully saturated rings. The van der Waals surface area contributed by atoms with Gasteiger partial charge in [-0.05, 0) is 44.9 Å². The summed E-state index contributed by atoms with van der Waals surface area (Å²) in [6.45, 7) is 6.20. The topological polar surface area (TPSA) is 58.2 Å². The minimum absolute atomic E-state index is 0.266. The number of hydrogen-bond acceptors (Lipinski definition) is 3. The predicted octanol–water partition coefficient (Wildman–Crippen LogP) is 4.30. The van der Waals surface area contributed by atoms with Gasteiger partial charge in [-0.25, -0.2) is 9.78 Å². The molecule has 5 heteroatoms. The number of aromatic amines is 1. The third-order valence-electron chi connectivity index (χ3n) is 4.06. The Bertz CT molecular complexity index is 851. The van der Waals surface area contributed by atoms with Crippen LogP contribution in [0.1, 0.15) is 44.6 Å². The molecule has 5 nitrogen and oxygen atoms in total. The lowest BCUT2D eigenvalue weighted by molar-refractivity contribution is 0.0184. The van der Waals surface area contributed by atoms with Crippen LogP contribution >= 0.6 is 0 Å². The fourth-order valence-corrected chi connectivity index (χ4v) is 2.83. The molecule has 0 aliphatic carbocycles. The normalized spacial score (nSPS) is 17.0. The van der Waals surface area contributed by atoms with Gasteiger partial charge in [-0.15, -0.1) is 6.42 Å². The Morgan fingerprint density at radius 1 is 1.35 bits per heavy atom. The number of H-pyrrole nitrogens is 1. The van der Waals surface area contributed by atoms with Crippen LogP contribution in [0.4, 0.5) is 4.79 Å². The van der Waals surface area contributed by atoms with Crippen molar-refractivity contribution in [2.75, 3.05) is 6.54 Å². The first-order valence-electron chi connectivity index (χ1n) is 8.65. The molecule has 134 valence electrons. The number of nitrogens with zero attached hydrogens (tertiary/aromatic N) is 2. The largest absolute Gasteiger partial charge is 0.444 e. The standard InChI is InChI=1S/C21H23N3O2/c1-5-15-9-11-16(12-10-15)17-14-22-19(23-17)18-8-6-7-13-24(18)20(25)26-21(2,3)4/h1,6,8-12,14,18H,7,13H2,2-4H3,(H,22,23). The zero-order chi connectivity index (χ0) is 18.7. The van der Waals surface area contributed by atoms with Crippen LogP contribution in [-0.4, -0.2) is 33.1 Å². The SMILES string of the molecule is C#Cc1ccc(-c2cnc(C3C=CCCN3C(=O)OC(C)(C)C)[nH]2)cc1. The number of rotatable bonds is 2. The van der Waals surface area contributed by atoms with Crippen molar-refractivity contribution in [1.82, 2.24) is 14.9 Å². The van der Waals surface area contributed by atoms with E-state index in [9.17, 15) is 4.79 Å². The highest BCUT2D eigenvalue weighted by atomic mass is 16.6. The van der Waals surface area contributed by atoms with Crippen molar-refractivity contribution in [3.8, 4) is 23.6 Å². The molecule has 0 spiro atoms. The van der Waals surface area contributed by atoms with Gasteiger partial charge in [0.2, 0.25) is 0 Å². The minimum Gasteiger partial charge on any atom is -0.444 e. The lowest BCUT2D eigenvalue weighted by Gasteiger charge is -2.33. The van der Waals surface area contributed by atoms with Gasteiger partial charge in [0.1, 0.15) is 17.5 Å². The van der Waals surface area contributed by atoms with E-state index in [0.717, 1.165) is 23.2 Å². The van der Waals surface area contributed by atoms with E-state index in [0.29, 0.717) is 12.4 Å². The second-order valence-electron chi connectivity index (χ2n) is 7.24. The van der Waals surface area contributed by atoms with E-state index in [1.54, 1.807) is 11.1 Å². The first-order chi connectivity index (χ1) is 12.4. The molecule has 0 bridgehead atoms. The Morgan fingerprint density at radius 2 is 2.08 bits per heavy atom. The molecule has 1 N–H and O–H groups in total. The van der Waals surface area contributed by atoms with Gasteiger partial charge < -0.3 is 9.72 Å². The Labute approximate surface area is 154 Å². The zero-order valence-corrected chi connectivity index (χ0v) is 15.3. The molecule has 1 amide bonds. The molecule has 0 saturated heterocycles. The highest BCUT2D eigenvalue weighted by molar-refractivity contribution is 5.69. The van der Waals surface area contributed by atoms with E-state index in [2.05, 4.69) is 22.0 Å². The van der Waals surface area contributed by atoms with Crippen molar-refractivity contribution < 1.29 is 9.53 Å². The summed E-state index contributed by atoms with van der Waals surface area (Å²) in [4.78, 5) is 22.1. The van der Waals surface area contributed by atoms with Crippen LogP contribution in [0.3, 0.4) is 0 Å². The number of carbonyl (C=O) groups excluding carboxylic acids is 1. The van der Waals surface area contributed by atoms with Gasteiger partial charge in [-0.1, -0.05) is 30.2 Å². The van der Waals surface area contributed by atoms with Gasteiger partial charge in [0.25, 0.3) is 0 Å². The summed E-state index contributed by atoms with van der Waals surface area (Å²) < 4.78 is 5.54. The van der Waals surface area contributed by atoms with Crippen molar-refractivity contribution in [2.45, 2.75) is 38.8 Å². The minimum atomic E-state index is -0.532. The van der Waals surface area contributed by atoms with E-state index < -0.39 is 5.60 Å². The number of imidazole rings is 1. The molecule has 2 aromatic rings. The lowest BCUT2D eigenvalue weighted by Crippen LogP contribution is -2.40. The maximum atomic E-state index is 12.6. The first kappa shape index (κ1) is 17.8. The van der Waals surface area contributed by atoms with Crippen molar-refractivity contribution in [1.29, 1.82) is 0 Å². The Balaban J connectivity index is 1.83. The maximum Gasteiger partial charge on any atom is 0.411 e. The van der Waals surface area contributed by atoms with E-state index in [4.69, 9.17) is 11.2 Å². The maximum absolute atomic E-state index is 12.6. The zero-order valence-electron chi connectivity index (χ0n) is 15.3. The third-order valence-corrected chi connectivity index (χ3v) is 4.06. The summed E-state index contributed by atoms with van der Waals surface area (Å²) in [6.07, 6.45) is 11.7. The van der Waals surface area contributed by atoms with Crippen LogP contribution in [0.15, 0.2) is 42.6 Å². The van der Waals surface area contributed by atoms with Crippen molar-refractivity contribution in [3.63, 3.8) is 0 Å². The highest BCUT2D eigenvalue weighted by Gasteiger charge is 2.30. The molecule has 2 heterocycles. The van der Waals surface area contributed by atoms with Gasteiger partial charge in [0, 0.05) is 12.1 Å². The van der Waals surface area contributed by atoms with Crippen molar-refractivity contribution in [2.24, 2.45) is 0 Å². The molecule has 1 unspecified atom stereocenters. The predicted molar refractivity (Wildman–Crippen MR) is 101 cm³/mol. The first-order valence-corrected chi connectivity index (χ1v) is 8.65. The molecular formula is C21H23N3O2. The number of terminal acetylenes is 1. The van der Waals surface area contributed by atoms with E-state index in [1.807, 2.05) is 51.1 Å². The molecule has 3 rings (SSSR count). The fraction of sp³-hybridized carbons (Fsp3) is 0.333. The summed E-state index contributed by atoms with van der Waals surface area (Å²) in [7, 11) is 0. The average Bonchev–Trinajstić information content (AvgIpc) is 3.10. The summed E-state index contributed by atoms with van der Waals surface area (Å²) >= 11 is 0. The monoisotopic (exact) mass is 349 g/mol. The molecule has 1 atom stereocenters. The fourth-order valence-electron chi connectivity index (χ4n) is 2.83. The number of hydrogen-bond donors (Lipinski definition) is 1. The summed E-state index contributed by atoms with van der Waals surface area (Å²) in [6, 6.07) is 7.42. The van der Waals surface area contributed by atoms with Gasteiger partial charge in [0.05, 0.1) is 11.9 Å². The quantitative estimate of drug-likeness (QED) is 0.650. The van der Waals surface area contributed by atoms with Crippen LogP contribution in [0.25, 0.3) is 11.3 Å². The molecule has 1 aliphatic heterocycles. The van der Waals surface area contributed by atoms with E-state index in [1.165, 1.54) is 0 Å². The molecule has 1 aromatic heterocycles. The summed E-state index contributed by atoms with van der Waals surface area (Å²) in [5.74, 6) is 3.32. The number of nitrogens with one attached hydrogen (secondary N) is 1. The number of aromatic nitrogens is 2. The Hall–Kier alpha value is -3.00. The molecule has 1 aliphatic rings. The van der Waals surface area contributed by atoms with Crippen LogP contribution in [0.5, 0.6) is 0 Å². The number of benzene rings is 1. The van der Waals surface area contributed by atoms with Crippen LogP contribution in [0, 0.1) is 12.3 Å². The Kier molecular flexibility index (Phi) is 4.85. The second-order valence-corrected chi connectivity index (χ2v) is 7.24. The van der Waals surface area contributed by atoms with Gasteiger partial charge in [-0.2, -0.15) is 0 Å². The Morgan fingerprint density at radius 3 is 2.73 bits per heavy atom. The van der Waals surface area contributed by atoms with Gasteiger partial charge in [-0.3, -0.25) is 4.90 Å². The average molecular weight is 349 g/mol. The molecule has 0 saturated carbocycles. The van der Waals surface area contributed by atoms with Crippen LogP contribution < -0.4 is 0 Å². The van der Waals surface area contributed by atoms with E-state index >= 15 is 0 Å². The molecule has 26 heavy (non-hydrogen) atoms. The molecular weight excluding hydrogens is 326 g/mol. The number of carbonyl (C=O) groups is 1. The summed E-state index contributed by atoms with van der Waals surface area (Å²) in [5, 5.41) is 0. The lowest BCUT2D eigenvalue weighted by atomic mass is 10.1. The van der Waals surface area contributed by atoms with Gasteiger partial charge >= 0.3 is 6.09 Å². The van der Waals surface area contributed by atoms with Crippen molar-refractivity contribution in [3.05, 3.63) is 54.0 Å². The second kappa shape index (κ2) is 7.09. The van der Waals surface area contributed by atoms with Crippen LogP contribution in [0.2, 0.25) is 0 Å².